The number of β-amino-alcohol motifs (C(OH)–C–C–N with tert-alkyl or cyclic N) is 1. The topological polar surface area (TPSA) is 89.3 Å². The van der Waals surface area contributed by atoms with Crippen molar-refractivity contribution >= 4 is 5.91 Å². The van der Waals surface area contributed by atoms with Gasteiger partial charge in [0.05, 0.1) is 19.3 Å². The number of aliphatic hydroxyl groups is 1. The van der Waals surface area contributed by atoms with E-state index in [0.29, 0.717) is 38.5 Å². The standard InChI is InChI=1S/C29H38N4O5/c1-24-17-30-33(18-24)12-7-15-37-27-11-6-8-25(16-27)19-31-13-14-32(28(34)20-36-2)22-29(35,21-31)23-38-26-9-4-3-5-10-26/h3-6,8-11,16-18,35H,7,12-15,19-23H2,1-2H3/t29-/m1/s1. The Morgan fingerprint density at radius 2 is 1.87 bits per heavy atom. The molecule has 1 aromatic heterocycles. The van der Waals surface area contributed by atoms with Gasteiger partial charge in [-0.1, -0.05) is 30.3 Å². The Labute approximate surface area is 224 Å². The number of carbonyl (C=O) groups is 1. The first kappa shape index (κ1) is 27.6. The van der Waals surface area contributed by atoms with E-state index in [0.717, 1.165) is 29.8 Å². The summed E-state index contributed by atoms with van der Waals surface area (Å²) in [7, 11) is 1.50. The summed E-state index contributed by atoms with van der Waals surface area (Å²) in [5, 5.41) is 15.9. The average Bonchev–Trinajstić information content (AvgIpc) is 3.25. The summed E-state index contributed by atoms with van der Waals surface area (Å²) in [6.07, 6.45) is 4.74. The maximum Gasteiger partial charge on any atom is 0.248 e. The minimum Gasteiger partial charge on any atom is -0.494 e. The van der Waals surface area contributed by atoms with Crippen LogP contribution in [0.25, 0.3) is 0 Å². The number of aromatic nitrogens is 2. The van der Waals surface area contributed by atoms with Crippen LogP contribution < -0.4 is 9.47 Å². The molecular weight excluding hydrogens is 484 g/mol. The molecule has 0 bridgehead atoms. The molecule has 1 fully saturated rings. The van der Waals surface area contributed by atoms with Crippen molar-refractivity contribution in [1.29, 1.82) is 0 Å². The van der Waals surface area contributed by atoms with Crippen molar-refractivity contribution in [2.75, 3.05) is 53.1 Å². The maximum atomic E-state index is 12.6. The summed E-state index contributed by atoms with van der Waals surface area (Å²) in [6, 6.07) is 17.4. The van der Waals surface area contributed by atoms with Gasteiger partial charge in [-0.05, 0) is 42.3 Å². The van der Waals surface area contributed by atoms with Crippen LogP contribution in [0, 0.1) is 6.92 Å². The van der Waals surface area contributed by atoms with Crippen molar-refractivity contribution in [1.82, 2.24) is 19.6 Å². The minimum atomic E-state index is -1.24. The molecule has 0 aliphatic carbocycles. The molecule has 1 saturated heterocycles. The Morgan fingerprint density at radius 1 is 1.05 bits per heavy atom. The number of benzene rings is 2. The van der Waals surface area contributed by atoms with Crippen LogP contribution in [0.5, 0.6) is 11.5 Å². The Balaban J connectivity index is 1.37. The molecule has 4 rings (SSSR count). The van der Waals surface area contributed by atoms with Crippen LogP contribution >= 0.6 is 0 Å². The summed E-state index contributed by atoms with van der Waals surface area (Å²) in [5.41, 5.74) is 0.986. The van der Waals surface area contributed by atoms with Gasteiger partial charge in [-0.2, -0.15) is 5.10 Å². The first-order chi connectivity index (χ1) is 18.4. The zero-order valence-corrected chi connectivity index (χ0v) is 22.3. The van der Waals surface area contributed by atoms with Gasteiger partial charge in [0.15, 0.2) is 0 Å². The molecule has 3 aromatic rings. The lowest BCUT2D eigenvalue weighted by atomic mass is 10.0. The smallest absolute Gasteiger partial charge is 0.248 e. The van der Waals surface area contributed by atoms with Crippen molar-refractivity contribution in [3.05, 3.63) is 78.1 Å². The third kappa shape index (κ3) is 8.31. The molecule has 9 nitrogen and oxygen atoms in total. The van der Waals surface area contributed by atoms with Gasteiger partial charge in [0.1, 0.15) is 30.3 Å². The molecule has 204 valence electrons. The first-order valence-electron chi connectivity index (χ1n) is 13.0. The van der Waals surface area contributed by atoms with Gasteiger partial charge in [0.2, 0.25) is 5.91 Å². The molecule has 38 heavy (non-hydrogen) atoms. The molecule has 0 unspecified atom stereocenters. The number of nitrogens with zero attached hydrogens (tertiary/aromatic N) is 4. The van der Waals surface area contributed by atoms with Crippen LogP contribution in [-0.4, -0.2) is 89.3 Å². The summed E-state index contributed by atoms with van der Waals surface area (Å²) in [5.74, 6) is 1.35. The molecule has 1 aliphatic rings. The van der Waals surface area contributed by atoms with Gasteiger partial charge in [-0.25, -0.2) is 0 Å². The predicted molar refractivity (Wildman–Crippen MR) is 144 cm³/mol. The lowest BCUT2D eigenvalue weighted by Gasteiger charge is -2.33. The van der Waals surface area contributed by atoms with E-state index in [4.69, 9.17) is 14.2 Å². The molecular formula is C29H38N4O5. The summed E-state index contributed by atoms with van der Waals surface area (Å²) < 4.78 is 18.9. The van der Waals surface area contributed by atoms with Crippen molar-refractivity contribution < 1.29 is 24.1 Å². The quantitative estimate of drug-likeness (QED) is 0.366. The van der Waals surface area contributed by atoms with Gasteiger partial charge in [-0.3, -0.25) is 14.4 Å². The van der Waals surface area contributed by atoms with E-state index in [1.165, 1.54) is 7.11 Å². The van der Waals surface area contributed by atoms with Crippen LogP contribution in [0.2, 0.25) is 0 Å². The van der Waals surface area contributed by atoms with E-state index in [-0.39, 0.29) is 25.7 Å². The second kappa shape index (κ2) is 13.4. The number of carbonyl (C=O) groups excluding carboxylic acids is 1. The monoisotopic (exact) mass is 522 g/mol. The van der Waals surface area contributed by atoms with E-state index < -0.39 is 5.60 Å². The molecule has 1 N–H and O–H groups in total. The number of para-hydroxylation sites is 1. The first-order valence-corrected chi connectivity index (χ1v) is 13.0. The number of hydrogen-bond donors (Lipinski definition) is 1. The molecule has 0 saturated carbocycles. The largest absolute Gasteiger partial charge is 0.494 e. The molecule has 9 heteroatoms. The normalized spacial score (nSPS) is 18.2. The van der Waals surface area contributed by atoms with Gasteiger partial charge in [0.25, 0.3) is 0 Å². The molecule has 2 heterocycles. The zero-order valence-electron chi connectivity index (χ0n) is 22.3. The second-order valence-corrected chi connectivity index (χ2v) is 9.92. The highest BCUT2D eigenvalue weighted by Crippen LogP contribution is 2.21. The fourth-order valence-corrected chi connectivity index (χ4v) is 4.63. The van der Waals surface area contributed by atoms with Crippen LogP contribution in [0.1, 0.15) is 17.5 Å². The fourth-order valence-electron chi connectivity index (χ4n) is 4.63. The summed E-state index contributed by atoms with van der Waals surface area (Å²) in [6.45, 7) is 5.77. The number of rotatable bonds is 12. The van der Waals surface area contributed by atoms with Gasteiger partial charge in [-0.15, -0.1) is 0 Å². The van der Waals surface area contributed by atoms with E-state index in [1.54, 1.807) is 4.90 Å². The van der Waals surface area contributed by atoms with Crippen molar-refractivity contribution in [3.63, 3.8) is 0 Å². The lowest BCUT2D eigenvalue weighted by Crippen LogP contribution is -2.52. The van der Waals surface area contributed by atoms with Crippen molar-refractivity contribution in [3.8, 4) is 11.5 Å². The van der Waals surface area contributed by atoms with Crippen LogP contribution in [0.4, 0.5) is 0 Å². The molecule has 0 spiro atoms. The van der Waals surface area contributed by atoms with Gasteiger partial charge >= 0.3 is 0 Å². The predicted octanol–water partition coefficient (Wildman–Crippen LogP) is 2.76. The van der Waals surface area contributed by atoms with Crippen LogP contribution in [0.3, 0.4) is 0 Å². The number of methoxy groups -OCH3 is 1. The summed E-state index contributed by atoms with van der Waals surface area (Å²) >= 11 is 0. The Morgan fingerprint density at radius 3 is 2.63 bits per heavy atom. The van der Waals surface area contributed by atoms with Gasteiger partial charge < -0.3 is 24.2 Å². The Hall–Kier alpha value is -3.40. The third-order valence-corrected chi connectivity index (χ3v) is 6.43. The third-order valence-electron chi connectivity index (χ3n) is 6.43. The average molecular weight is 523 g/mol. The van der Waals surface area contributed by atoms with Crippen molar-refractivity contribution in [2.24, 2.45) is 0 Å². The number of ether oxygens (including phenoxy) is 3. The lowest BCUT2D eigenvalue weighted by molar-refractivity contribution is -0.138. The second-order valence-electron chi connectivity index (χ2n) is 9.92. The van der Waals surface area contributed by atoms with Crippen molar-refractivity contribution in [2.45, 2.75) is 32.0 Å². The highest BCUT2D eigenvalue weighted by atomic mass is 16.5. The SMILES string of the molecule is COCC(=O)N1CCN(Cc2cccc(OCCCn3cc(C)cn3)c2)C[C@](O)(COc2ccccc2)C1. The molecule has 1 amide bonds. The number of amides is 1. The van der Waals surface area contributed by atoms with Gasteiger partial charge in [0, 0.05) is 52.5 Å². The van der Waals surface area contributed by atoms with E-state index in [1.807, 2.05) is 72.5 Å². The van der Waals surface area contributed by atoms with Crippen LogP contribution in [-0.2, 0) is 22.6 Å². The Kier molecular flexibility index (Phi) is 9.75. The molecule has 1 aliphatic heterocycles. The number of hydrogen-bond acceptors (Lipinski definition) is 7. The van der Waals surface area contributed by atoms with E-state index >= 15 is 0 Å². The van der Waals surface area contributed by atoms with E-state index in [9.17, 15) is 9.90 Å². The highest BCUT2D eigenvalue weighted by molar-refractivity contribution is 5.77. The van der Waals surface area contributed by atoms with E-state index in [2.05, 4.69) is 16.1 Å². The number of aryl methyl sites for hydroxylation is 2. The maximum absolute atomic E-state index is 12.6. The zero-order chi connectivity index (χ0) is 26.8. The molecule has 0 radical (unpaired) electrons. The summed E-state index contributed by atoms with van der Waals surface area (Å²) in [4.78, 5) is 16.5. The fraction of sp³-hybridized carbons (Fsp3) is 0.448. The Bertz CT molecular complexity index is 1150. The van der Waals surface area contributed by atoms with Crippen LogP contribution in [0.15, 0.2) is 67.0 Å². The molecule has 2 aromatic carbocycles. The minimum absolute atomic E-state index is 0.0188. The highest BCUT2D eigenvalue weighted by Gasteiger charge is 2.37. The molecule has 1 atom stereocenters.